The topological polar surface area (TPSA) is 59.2 Å². The fraction of sp³-hybridized carbons (Fsp3) is 0.250. The maximum atomic E-state index is 13.7. The van der Waals surface area contributed by atoms with Crippen molar-refractivity contribution < 1.29 is 18.1 Å². The molecule has 0 N–H and O–H groups in total. The number of aromatic nitrogens is 2. The SMILES string of the molecule is O=C1CC(c2ncon2)CN1c1ccc(F)cc1F. The molecule has 3 rings (SSSR count). The van der Waals surface area contributed by atoms with Crippen LogP contribution in [-0.4, -0.2) is 22.6 Å². The normalized spacial score (nSPS) is 19.2. The molecule has 0 spiro atoms. The molecule has 0 radical (unpaired) electrons. The Morgan fingerprint density at radius 2 is 2.21 bits per heavy atom. The van der Waals surface area contributed by atoms with Gasteiger partial charge in [-0.1, -0.05) is 5.16 Å². The number of carbonyl (C=O) groups is 1. The quantitative estimate of drug-likeness (QED) is 0.831. The van der Waals surface area contributed by atoms with E-state index >= 15 is 0 Å². The number of nitrogens with zero attached hydrogens (tertiary/aromatic N) is 3. The molecule has 1 aliphatic rings. The molecule has 0 saturated carbocycles. The van der Waals surface area contributed by atoms with Crippen molar-refractivity contribution in [2.45, 2.75) is 12.3 Å². The highest BCUT2D eigenvalue weighted by atomic mass is 19.1. The molecule has 1 aliphatic heterocycles. The minimum absolute atomic E-state index is 0.0670. The molecular formula is C12H9F2N3O2. The first kappa shape index (κ1) is 11.8. The molecule has 1 saturated heterocycles. The Morgan fingerprint density at radius 1 is 1.37 bits per heavy atom. The number of hydrogen-bond acceptors (Lipinski definition) is 4. The van der Waals surface area contributed by atoms with Gasteiger partial charge in [0.2, 0.25) is 12.3 Å². The van der Waals surface area contributed by atoms with Crippen LogP contribution in [0.3, 0.4) is 0 Å². The van der Waals surface area contributed by atoms with Crippen molar-refractivity contribution in [3.8, 4) is 0 Å². The highest BCUT2D eigenvalue weighted by Crippen LogP contribution is 2.31. The molecule has 19 heavy (non-hydrogen) atoms. The molecule has 2 heterocycles. The second kappa shape index (κ2) is 4.42. The van der Waals surface area contributed by atoms with Gasteiger partial charge in [0.05, 0.1) is 5.69 Å². The van der Waals surface area contributed by atoms with Gasteiger partial charge < -0.3 is 9.42 Å². The summed E-state index contributed by atoms with van der Waals surface area (Å²) in [5, 5.41) is 3.68. The van der Waals surface area contributed by atoms with E-state index in [1.165, 1.54) is 17.4 Å². The summed E-state index contributed by atoms with van der Waals surface area (Å²) in [4.78, 5) is 17.1. The third-order valence-corrected chi connectivity index (χ3v) is 3.07. The van der Waals surface area contributed by atoms with Gasteiger partial charge in [0.1, 0.15) is 11.6 Å². The average Bonchev–Trinajstić information content (AvgIpc) is 2.98. The van der Waals surface area contributed by atoms with Crippen molar-refractivity contribution in [3.63, 3.8) is 0 Å². The zero-order valence-electron chi connectivity index (χ0n) is 9.72. The fourth-order valence-electron chi connectivity index (χ4n) is 2.17. The molecule has 0 bridgehead atoms. The lowest BCUT2D eigenvalue weighted by molar-refractivity contribution is -0.117. The van der Waals surface area contributed by atoms with Crippen molar-refractivity contribution in [1.82, 2.24) is 10.1 Å². The number of amides is 1. The maximum absolute atomic E-state index is 13.7. The van der Waals surface area contributed by atoms with Gasteiger partial charge in [-0.15, -0.1) is 0 Å². The molecule has 98 valence electrons. The van der Waals surface area contributed by atoms with Crippen molar-refractivity contribution in [2.75, 3.05) is 11.4 Å². The molecule has 1 unspecified atom stereocenters. The molecule has 5 nitrogen and oxygen atoms in total. The van der Waals surface area contributed by atoms with Crippen molar-refractivity contribution in [2.24, 2.45) is 0 Å². The van der Waals surface area contributed by atoms with Crippen LogP contribution in [0.25, 0.3) is 0 Å². The van der Waals surface area contributed by atoms with Crippen LogP contribution in [0.1, 0.15) is 18.2 Å². The van der Waals surface area contributed by atoms with Crippen molar-refractivity contribution >= 4 is 11.6 Å². The van der Waals surface area contributed by atoms with Crippen LogP contribution in [-0.2, 0) is 4.79 Å². The third-order valence-electron chi connectivity index (χ3n) is 3.07. The molecule has 1 atom stereocenters. The second-order valence-electron chi connectivity index (χ2n) is 4.29. The van der Waals surface area contributed by atoms with E-state index in [4.69, 9.17) is 0 Å². The van der Waals surface area contributed by atoms with E-state index in [9.17, 15) is 13.6 Å². The summed E-state index contributed by atoms with van der Waals surface area (Å²) in [5.74, 6) is -1.51. The van der Waals surface area contributed by atoms with Crippen molar-refractivity contribution in [1.29, 1.82) is 0 Å². The Morgan fingerprint density at radius 3 is 2.89 bits per heavy atom. The summed E-state index contributed by atoms with van der Waals surface area (Å²) in [6.45, 7) is 0.251. The Balaban J connectivity index is 1.88. The summed E-state index contributed by atoms with van der Waals surface area (Å²) in [7, 11) is 0. The Kier molecular flexibility index (Phi) is 2.73. The molecule has 0 aliphatic carbocycles. The molecule has 1 aromatic carbocycles. The fourth-order valence-corrected chi connectivity index (χ4v) is 2.17. The molecule has 7 heteroatoms. The molecule has 1 aromatic heterocycles. The van der Waals surface area contributed by atoms with E-state index in [0.29, 0.717) is 5.82 Å². The number of benzene rings is 1. The maximum Gasteiger partial charge on any atom is 0.227 e. The highest BCUT2D eigenvalue weighted by Gasteiger charge is 2.35. The van der Waals surface area contributed by atoms with Crippen LogP contribution in [0.2, 0.25) is 0 Å². The zero-order valence-corrected chi connectivity index (χ0v) is 9.72. The largest absolute Gasteiger partial charge is 0.343 e. The molecule has 1 fully saturated rings. The smallest absolute Gasteiger partial charge is 0.227 e. The number of anilines is 1. The van der Waals surface area contributed by atoms with E-state index in [1.807, 2.05) is 0 Å². The van der Waals surface area contributed by atoms with Gasteiger partial charge in [-0.3, -0.25) is 4.79 Å². The van der Waals surface area contributed by atoms with Crippen LogP contribution < -0.4 is 4.90 Å². The van der Waals surface area contributed by atoms with Crippen LogP contribution in [0.15, 0.2) is 29.1 Å². The summed E-state index contributed by atoms with van der Waals surface area (Å²) in [5.41, 5.74) is 0.0670. The predicted octanol–water partition coefficient (Wildman–Crippen LogP) is 1.87. The summed E-state index contributed by atoms with van der Waals surface area (Å²) in [6.07, 6.45) is 1.36. The molecule has 1 amide bonds. The van der Waals surface area contributed by atoms with Gasteiger partial charge >= 0.3 is 0 Å². The number of rotatable bonds is 2. The Bertz CT molecular complexity index is 615. The Hall–Kier alpha value is -2.31. The minimum Gasteiger partial charge on any atom is -0.343 e. The van der Waals surface area contributed by atoms with Gasteiger partial charge in [0, 0.05) is 24.9 Å². The lowest BCUT2D eigenvalue weighted by Crippen LogP contribution is -2.25. The lowest BCUT2D eigenvalue weighted by Gasteiger charge is -2.16. The van der Waals surface area contributed by atoms with E-state index in [0.717, 1.165) is 12.1 Å². The number of carbonyl (C=O) groups excluding carboxylic acids is 1. The van der Waals surface area contributed by atoms with E-state index in [2.05, 4.69) is 14.7 Å². The standard InChI is InChI=1S/C12H9F2N3O2/c13-8-1-2-10(9(14)4-8)17-5-7(3-11(17)18)12-15-6-19-16-12/h1-2,4,6-7H,3,5H2. The Labute approximate surface area is 106 Å². The number of halogens is 2. The van der Waals surface area contributed by atoms with Gasteiger partial charge in [0.15, 0.2) is 5.82 Å². The van der Waals surface area contributed by atoms with Crippen LogP contribution in [0.4, 0.5) is 14.5 Å². The first-order chi connectivity index (χ1) is 9.15. The van der Waals surface area contributed by atoms with Crippen LogP contribution in [0, 0.1) is 11.6 Å². The summed E-state index contributed by atoms with van der Waals surface area (Å²) >= 11 is 0. The lowest BCUT2D eigenvalue weighted by atomic mass is 10.1. The first-order valence-corrected chi connectivity index (χ1v) is 5.67. The minimum atomic E-state index is -0.762. The highest BCUT2D eigenvalue weighted by molar-refractivity contribution is 5.96. The van der Waals surface area contributed by atoms with E-state index < -0.39 is 11.6 Å². The van der Waals surface area contributed by atoms with Crippen molar-refractivity contribution in [3.05, 3.63) is 42.1 Å². The average molecular weight is 265 g/mol. The monoisotopic (exact) mass is 265 g/mol. The molecule has 2 aromatic rings. The molecular weight excluding hydrogens is 256 g/mol. The summed E-state index contributed by atoms with van der Waals surface area (Å²) in [6, 6.07) is 3.12. The van der Waals surface area contributed by atoms with Gasteiger partial charge in [-0.2, -0.15) is 4.98 Å². The van der Waals surface area contributed by atoms with Gasteiger partial charge in [-0.25, -0.2) is 8.78 Å². The first-order valence-electron chi connectivity index (χ1n) is 5.67. The predicted molar refractivity (Wildman–Crippen MR) is 60.4 cm³/mol. The summed E-state index contributed by atoms with van der Waals surface area (Å²) < 4.78 is 31.1. The third kappa shape index (κ3) is 2.07. The van der Waals surface area contributed by atoms with E-state index in [-0.39, 0.29) is 30.5 Å². The van der Waals surface area contributed by atoms with Crippen LogP contribution in [0.5, 0.6) is 0 Å². The van der Waals surface area contributed by atoms with E-state index in [1.54, 1.807) is 0 Å². The van der Waals surface area contributed by atoms with Gasteiger partial charge in [0.25, 0.3) is 0 Å². The van der Waals surface area contributed by atoms with Gasteiger partial charge in [-0.05, 0) is 12.1 Å². The van der Waals surface area contributed by atoms with Crippen LogP contribution >= 0.6 is 0 Å². The zero-order chi connectivity index (χ0) is 13.4. The second-order valence-corrected chi connectivity index (χ2v) is 4.29. The number of hydrogen-bond donors (Lipinski definition) is 0.